The molecule has 1 aliphatic carbocycles. The van der Waals surface area contributed by atoms with Crippen LogP contribution in [0.1, 0.15) is 76.0 Å². The number of hydrogen-bond donors (Lipinski definition) is 2. The van der Waals surface area contributed by atoms with E-state index in [0.29, 0.717) is 31.8 Å². The van der Waals surface area contributed by atoms with Gasteiger partial charge in [0.1, 0.15) is 16.8 Å². The van der Waals surface area contributed by atoms with E-state index in [0.717, 1.165) is 47.0 Å². The van der Waals surface area contributed by atoms with E-state index in [4.69, 9.17) is 10.8 Å². The molecule has 8 heteroatoms. The van der Waals surface area contributed by atoms with Gasteiger partial charge in [-0.1, -0.05) is 19.8 Å². The second-order valence-corrected chi connectivity index (χ2v) is 12.3. The van der Waals surface area contributed by atoms with E-state index in [-0.39, 0.29) is 11.9 Å². The molecule has 0 bridgehead atoms. The Morgan fingerprint density at radius 2 is 1.80 bits per heavy atom. The van der Waals surface area contributed by atoms with Crippen LogP contribution in [-0.2, 0) is 16.2 Å². The molecule has 2 heterocycles. The van der Waals surface area contributed by atoms with Crippen LogP contribution in [0.2, 0.25) is 0 Å². The fourth-order valence-corrected chi connectivity index (χ4v) is 6.49. The molecule has 2 aliphatic heterocycles. The minimum absolute atomic E-state index is 0.0359. The fourth-order valence-electron chi connectivity index (χ4n) is 5.52. The third-order valence-electron chi connectivity index (χ3n) is 7.99. The molecule has 192 valence electrons. The van der Waals surface area contributed by atoms with Gasteiger partial charge in [0.05, 0.1) is 17.0 Å². The van der Waals surface area contributed by atoms with Gasteiger partial charge in [0.15, 0.2) is 0 Å². The summed E-state index contributed by atoms with van der Waals surface area (Å²) < 4.78 is 15.0. The average Bonchev–Trinajstić information content (AvgIpc) is 3.14. The highest BCUT2D eigenvalue weighted by molar-refractivity contribution is 7.92. The highest BCUT2D eigenvalue weighted by Gasteiger charge is 2.48. The third kappa shape index (κ3) is 5.61. The van der Waals surface area contributed by atoms with Crippen LogP contribution in [0.3, 0.4) is 0 Å². The Bertz CT molecular complexity index is 968. The second kappa shape index (κ2) is 10.6. The van der Waals surface area contributed by atoms with Crippen LogP contribution in [0.15, 0.2) is 22.5 Å². The number of piperidine rings is 1. The summed E-state index contributed by atoms with van der Waals surface area (Å²) in [5.41, 5.74) is 3.58. The number of nitrogens with one attached hydrogen (secondary N) is 1. The first-order chi connectivity index (χ1) is 16.6. The molecule has 7 nitrogen and oxygen atoms in total. The molecule has 3 N–H and O–H groups in total. The lowest BCUT2D eigenvalue weighted by Gasteiger charge is -2.34. The van der Waals surface area contributed by atoms with Crippen LogP contribution in [0.5, 0.6) is 0 Å². The Balaban J connectivity index is 1.38. The Hall–Kier alpha value is -1.87. The number of hydrogen-bond acceptors (Lipinski definition) is 6. The zero-order valence-corrected chi connectivity index (χ0v) is 22.7. The van der Waals surface area contributed by atoms with E-state index in [1.165, 1.54) is 12.8 Å². The van der Waals surface area contributed by atoms with Crippen LogP contribution < -0.4 is 16.2 Å². The summed E-state index contributed by atoms with van der Waals surface area (Å²) in [4.78, 5) is 17.9. The first-order valence-electron chi connectivity index (χ1n) is 13.0. The maximum absolute atomic E-state index is 13.1. The van der Waals surface area contributed by atoms with E-state index in [1.54, 1.807) is 10.4 Å². The molecule has 1 aromatic carbocycles. The van der Waals surface area contributed by atoms with Crippen molar-refractivity contribution in [3.8, 4) is 0 Å². The van der Waals surface area contributed by atoms with Gasteiger partial charge in [-0.3, -0.25) is 9.79 Å². The minimum atomic E-state index is -1.25. The van der Waals surface area contributed by atoms with Gasteiger partial charge in [-0.25, -0.2) is 5.84 Å². The molecule has 1 saturated heterocycles. The maximum atomic E-state index is 13.1. The quantitative estimate of drug-likeness (QED) is 0.347. The van der Waals surface area contributed by atoms with Gasteiger partial charge < -0.3 is 14.9 Å². The summed E-state index contributed by atoms with van der Waals surface area (Å²) in [6, 6.07) is 4.35. The highest BCUT2D eigenvalue weighted by atomic mass is 32.2. The van der Waals surface area contributed by atoms with Crippen LogP contribution >= 0.6 is 0 Å². The molecule has 35 heavy (non-hydrogen) atoms. The lowest BCUT2D eigenvalue weighted by Crippen LogP contribution is -2.50. The van der Waals surface area contributed by atoms with Gasteiger partial charge in [0.25, 0.3) is 5.91 Å². The molecule has 2 fully saturated rings. The topological polar surface area (TPSA) is 97.0 Å². The molecule has 4 rings (SSSR count). The number of hydrazine groups is 1. The minimum Gasteiger partial charge on any atom is -0.593 e. The molecule has 1 amide bonds. The van der Waals surface area contributed by atoms with Crippen molar-refractivity contribution in [1.82, 2.24) is 9.62 Å². The summed E-state index contributed by atoms with van der Waals surface area (Å²) in [7, 11) is 0. The van der Waals surface area contributed by atoms with Crippen molar-refractivity contribution in [3.05, 3.63) is 34.2 Å². The average molecular weight is 500 g/mol. The molecule has 0 radical (unpaired) electrons. The Kier molecular flexibility index (Phi) is 7.95. The van der Waals surface area contributed by atoms with Gasteiger partial charge in [0.2, 0.25) is 0 Å². The van der Waals surface area contributed by atoms with Crippen molar-refractivity contribution in [2.75, 3.05) is 18.1 Å². The number of aliphatic imine (C=N–C) groups is 1. The predicted octanol–water partition coefficient (Wildman–Crippen LogP) is 4.22. The molecule has 3 aliphatic rings. The number of nitrogens with zero attached hydrogens (tertiary/aromatic N) is 3. The van der Waals surface area contributed by atoms with E-state index < -0.39 is 16.9 Å². The molecule has 1 atom stereocenters. The van der Waals surface area contributed by atoms with Gasteiger partial charge in [-0.05, 0) is 94.2 Å². The number of amides is 1. The first-order valence-corrected chi connectivity index (χ1v) is 14.2. The van der Waals surface area contributed by atoms with E-state index in [1.807, 2.05) is 10.4 Å². The van der Waals surface area contributed by atoms with E-state index in [9.17, 15) is 9.35 Å². The van der Waals surface area contributed by atoms with Crippen molar-refractivity contribution in [2.24, 2.45) is 22.7 Å². The first kappa shape index (κ1) is 26.2. The SMILES string of the molecule is Cc1cc(N(N)C(C)C)cc(C)c1/C=C/[S+]([O-])N1CCC2(CC1)N=C(C1CCC(C)CC1)NC2=O. The predicted molar refractivity (Wildman–Crippen MR) is 145 cm³/mol. The Morgan fingerprint density at radius 1 is 1.20 bits per heavy atom. The largest absolute Gasteiger partial charge is 0.593 e. The van der Waals surface area contributed by atoms with Crippen molar-refractivity contribution in [1.29, 1.82) is 0 Å². The molecule has 1 saturated carbocycles. The van der Waals surface area contributed by atoms with Crippen molar-refractivity contribution >= 4 is 34.9 Å². The number of carbonyl (C=O) groups is 1. The van der Waals surface area contributed by atoms with E-state index >= 15 is 0 Å². The molecule has 0 aromatic heterocycles. The smallest absolute Gasteiger partial charge is 0.253 e. The van der Waals surface area contributed by atoms with Crippen LogP contribution in [0.4, 0.5) is 5.69 Å². The van der Waals surface area contributed by atoms with Gasteiger partial charge in [-0.2, -0.15) is 0 Å². The zero-order valence-electron chi connectivity index (χ0n) is 21.8. The second-order valence-electron chi connectivity index (χ2n) is 10.9. The molecule has 1 unspecified atom stereocenters. The van der Waals surface area contributed by atoms with Crippen LogP contribution in [0, 0.1) is 25.7 Å². The summed E-state index contributed by atoms with van der Waals surface area (Å²) in [6.07, 6.45) is 7.80. The number of nitrogens with two attached hydrogens (primary N) is 1. The molecular weight excluding hydrogens is 458 g/mol. The number of rotatable bonds is 6. The standard InChI is InChI=1S/C27H41N5O2S/c1-18(2)32(28)23-16-20(4)24(21(5)17-23)10-15-35(34)31-13-11-27(12-14-31)26(33)29-25(30-27)22-8-6-19(3)7-9-22/h10,15-19,22H,6-9,11-14,28H2,1-5H3,(H,29,30,33)/b15-10+. The highest BCUT2D eigenvalue weighted by Crippen LogP contribution is 2.36. The lowest BCUT2D eigenvalue weighted by atomic mass is 9.82. The van der Waals surface area contributed by atoms with Gasteiger partial charge >= 0.3 is 0 Å². The number of benzene rings is 1. The molecular formula is C27H41N5O2S. The van der Waals surface area contributed by atoms with Gasteiger partial charge in [0, 0.05) is 25.0 Å². The maximum Gasteiger partial charge on any atom is 0.253 e. The third-order valence-corrected chi connectivity index (χ3v) is 9.23. The molecule has 1 aromatic rings. The van der Waals surface area contributed by atoms with E-state index in [2.05, 4.69) is 52.1 Å². The number of anilines is 1. The summed E-state index contributed by atoms with van der Waals surface area (Å²) in [5.74, 6) is 8.27. The summed E-state index contributed by atoms with van der Waals surface area (Å²) in [5, 5.41) is 6.64. The zero-order chi connectivity index (χ0) is 25.3. The van der Waals surface area contributed by atoms with Crippen molar-refractivity contribution < 1.29 is 9.35 Å². The Labute approximate surface area is 213 Å². The van der Waals surface area contributed by atoms with Crippen molar-refractivity contribution in [3.63, 3.8) is 0 Å². The van der Waals surface area contributed by atoms with Crippen molar-refractivity contribution in [2.45, 2.75) is 84.7 Å². The monoisotopic (exact) mass is 499 g/mol. The van der Waals surface area contributed by atoms with Gasteiger partial charge in [-0.15, -0.1) is 4.31 Å². The fraction of sp³-hybridized carbons (Fsp3) is 0.630. The number of amidine groups is 1. The number of aryl methyl sites for hydroxylation is 2. The lowest BCUT2D eigenvalue weighted by molar-refractivity contribution is -0.124. The Morgan fingerprint density at radius 3 is 2.37 bits per heavy atom. The molecule has 1 spiro atoms. The normalized spacial score (nSPS) is 25.8. The summed E-state index contributed by atoms with van der Waals surface area (Å²) >= 11 is -1.25. The van der Waals surface area contributed by atoms with Crippen LogP contribution in [0.25, 0.3) is 6.08 Å². The summed E-state index contributed by atoms with van der Waals surface area (Å²) in [6.45, 7) is 11.7. The number of carbonyl (C=O) groups excluding carboxylic acids is 1. The van der Waals surface area contributed by atoms with Crippen LogP contribution in [-0.4, -0.2) is 45.3 Å².